The van der Waals surface area contributed by atoms with E-state index in [1.807, 2.05) is 0 Å². The largest absolute Gasteiger partial charge is 0.444 e. The van der Waals surface area contributed by atoms with Crippen molar-refractivity contribution in [3.8, 4) is 10.4 Å². The molecule has 0 unspecified atom stereocenters. The van der Waals surface area contributed by atoms with Crippen LogP contribution in [0, 0.1) is 17.6 Å². The van der Waals surface area contributed by atoms with Crippen LogP contribution in [0.15, 0.2) is 23.7 Å². The average Bonchev–Trinajstić information content (AvgIpc) is 3.06. The lowest BCUT2D eigenvalue weighted by molar-refractivity contribution is -0.0290. The maximum atomic E-state index is 13.5. The number of halogens is 3. The van der Waals surface area contributed by atoms with E-state index < -0.39 is 17.7 Å². The van der Waals surface area contributed by atoms with E-state index in [0.717, 1.165) is 44.6 Å². The number of nitrogens with zero attached hydrogens (tertiary/aromatic N) is 2. The second-order valence-corrected chi connectivity index (χ2v) is 7.22. The fourth-order valence-electron chi connectivity index (χ4n) is 3.49. The highest BCUT2D eigenvalue weighted by Gasteiger charge is 2.36. The number of carbonyl (C=O) groups excluding carboxylic acids is 1. The van der Waals surface area contributed by atoms with Crippen LogP contribution in [0.3, 0.4) is 0 Å². The number of fused-ring (bicyclic) bond motifs is 3. The van der Waals surface area contributed by atoms with Crippen molar-refractivity contribution in [2.45, 2.75) is 18.9 Å². The van der Waals surface area contributed by atoms with Crippen LogP contribution in [0.4, 0.5) is 19.4 Å². The standard InChI is InChI=1S/C17H17F2N3O2S.ClH/c18-12-2-1-11(7-13(12)19)15-16(20-9-25-15)21-17(23)24-14-8-22-5-3-10(14)4-6-22;/h1-2,7,9-10,14H,3-6,8H2,(H,21,23);1H/t14-;/m0./s1. The lowest BCUT2D eigenvalue weighted by atomic mass is 9.86. The third-order valence-electron chi connectivity index (χ3n) is 4.82. The monoisotopic (exact) mass is 401 g/mol. The number of thiazole rings is 1. The summed E-state index contributed by atoms with van der Waals surface area (Å²) in [5.74, 6) is -1.14. The fourth-order valence-corrected chi connectivity index (χ4v) is 4.23. The number of amides is 1. The van der Waals surface area contributed by atoms with Crippen molar-refractivity contribution < 1.29 is 18.3 Å². The maximum Gasteiger partial charge on any atom is 0.413 e. The Morgan fingerprint density at radius 3 is 2.69 bits per heavy atom. The number of hydrogen-bond donors (Lipinski definition) is 1. The van der Waals surface area contributed by atoms with Gasteiger partial charge >= 0.3 is 6.09 Å². The molecule has 1 N–H and O–H groups in total. The Kier molecular flexibility index (Phi) is 5.74. The summed E-state index contributed by atoms with van der Waals surface area (Å²) in [6.45, 7) is 2.90. The molecule has 5 nitrogen and oxygen atoms in total. The summed E-state index contributed by atoms with van der Waals surface area (Å²) >= 11 is 1.24. The van der Waals surface area contributed by atoms with Gasteiger partial charge in [-0.1, -0.05) is 6.07 Å². The molecule has 0 spiro atoms. The first-order chi connectivity index (χ1) is 12.1. The molecule has 1 amide bonds. The molecule has 2 bridgehead atoms. The van der Waals surface area contributed by atoms with Gasteiger partial charge in [-0.2, -0.15) is 0 Å². The van der Waals surface area contributed by atoms with Gasteiger partial charge in [-0.05, 0) is 49.5 Å². The number of nitrogens with one attached hydrogen (secondary N) is 1. The summed E-state index contributed by atoms with van der Waals surface area (Å²) in [4.78, 5) is 19.2. The van der Waals surface area contributed by atoms with E-state index in [0.29, 0.717) is 22.2 Å². The van der Waals surface area contributed by atoms with Gasteiger partial charge in [0.15, 0.2) is 17.5 Å². The van der Waals surface area contributed by atoms with E-state index in [9.17, 15) is 13.6 Å². The quantitative estimate of drug-likeness (QED) is 0.839. The molecule has 1 aromatic heterocycles. The molecule has 3 aliphatic rings. The molecule has 4 heterocycles. The number of ether oxygens (including phenoxy) is 1. The van der Waals surface area contributed by atoms with Gasteiger partial charge in [0.25, 0.3) is 0 Å². The Labute approximate surface area is 159 Å². The Hall–Kier alpha value is -1.77. The van der Waals surface area contributed by atoms with Crippen LogP contribution in [-0.2, 0) is 4.74 Å². The minimum Gasteiger partial charge on any atom is -0.444 e. The first-order valence-corrected chi connectivity index (χ1v) is 9.07. The summed E-state index contributed by atoms with van der Waals surface area (Å²) in [6, 6.07) is 3.60. The molecule has 26 heavy (non-hydrogen) atoms. The Bertz CT molecular complexity index is 796. The molecule has 1 atom stereocenters. The lowest BCUT2D eigenvalue weighted by Gasteiger charge is -2.43. The van der Waals surface area contributed by atoms with E-state index in [4.69, 9.17) is 4.74 Å². The highest BCUT2D eigenvalue weighted by atomic mass is 35.5. The maximum absolute atomic E-state index is 13.5. The number of anilines is 1. The van der Waals surface area contributed by atoms with Crippen LogP contribution in [0.25, 0.3) is 10.4 Å². The van der Waals surface area contributed by atoms with Crippen molar-refractivity contribution in [1.82, 2.24) is 9.88 Å². The number of benzene rings is 1. The van der Waals surface area contributed by atoms with Gasteiger partial charge in [-0.25, -0.2) is 18.6 Å². The molecular weight excluding hydrogens is 384 g/mol. The van der Waals surface area contributed by atoms with Crippen LogP contribution in [-0.4, -0.2) is 41.7 Å². The minimum absolute atomic E-state index is 0. The van der Waals surface area contributed by atoms with Gasteiger partial charge in [0, 0.05) is 6.54 Å². The average molecular weight is 402 g/mol. The van der Waals surface area contributed by atoms with E-state index in [1.165, 1.54) is 17.4 Å². The van der Waals surface area contributed by atoms with E-state index >= 15 is 0 Å². The molecule has 3 aliphatic heterocycles. The number of rotatable bonds is 3. The number of hydrogen-bond acceptors (Lipinski definition) is 5. The summed E-state index contributed by atoms with van der Waals surface area (Å²) in [7, 11) is 0. The molecule has 3 saturated heterocycles. The van der Waals surface area contributed by atoms with Gasteiger partial charge < -0.3 is 4.74 Å². The van der Waals surface area contributed by atoms with Gasteiger partial charge in [-0.3, -0.25) is 10.2 Å². The lowest BCUT2D eigenvalue weighted by Crippen LogP contribution is -2.52. The van der Waals surface area contributed by atoms with Crippen LogP contribution >= 0.6 is 23.7 Å². The number of carbonyl (C=O) groups is 1. The second-order valence-electron chi connectivity index (χ2n) is 6.37. The third-order valence-corrected chi connectivity index (χ3v) is 5.70. The third kappa shape index (κ3) is 3.82. The Balaban J connectivity index is 0.00000196. The molecule has 5 rings (SSSR count). The van der Waals surface area contributed by atoms with Gasteiger partial charge in [0.05, 0.1) is 10.4 Å². The summed E-state index contributed by atoms with van der Waals surface area (Å²) in [5, 5.41) is 2.63. The normalized spacial score (nSPS) is 24.0. The summed E-state index contributed by atoms with van der Waals surface area (Å²) in [5.41, 5.74) is 2.00. The Morgan fingerprint density at radius 2 is 2.04 bits per heavy atom. The van der Waals surface area contributed by atoms with Crippen molar-refractivity contribution in [2.24, 2.45) is 5.92 Å². The molecule has 0 aliphatic carbocycles. The van der Waals surface area contributed by atoms with Gasteiger partial charge in [0.1, 0.15) is 6.10 Å². The fraction of sp³-hybridized carbons (Fsp3) is 0.412. The zero-order valence-corrected chi connectivity index (χ0v) is 15.4. The molecule has 2 aromatic rings. The number of piperidine rings is 3. The molecular formula is C17H18ClF2N3O2S. The van der Waals surface area contributed by atoms with E-state index in [-0.39, 0.29) is 18.5 Å². The molecule has 9 heteroatoms. The predicted molar refractivity (Wildman–Crippen MR) is 97.8 cm³/mol. The highest BCUT2D eigenvalue weighted by Crippen LogP contribution is 2.33. The van der Waals surface area contributed by atoms with Gasteiger partial charge in [-0.15, -0.1) is 23.7 Å². The molecule has 140 valence electrons. The van der Waals surface area contributed by atoms with Crippen molar-refractivity contribution in [3.05, 3.63) is 35.3 Å². The molecule has 1 aromatic carbocycles. The van der Waals surface area contributed by atoms with Crippen LogP contribution in [0.5, 0.6) is 0 Å². The van der Waals surface area contributed by atoms with Crippen molar-refractivity contribution in [3.63, 3.8) is 0 Å². The Morgan fingerprint density at radius 1 is 1.27 bits per heavy atom. The minimum atomic E-state index is -0.938. The van der Waals surface area contributed by atoms with Crippen molar-refractivity contribution >= 4 is 35.7 Å². The summed E-state index contributed by atoms with van der Waals surface area (Å²) < 4.78 is 32.1. The SMILES string of the molecule is Cl.O=C(Nc1ncsc1-c1ccc(F)c(F)c1)O[C@H]1CN2CCC1CC2. The van der Waals surface area contributed by atoms with E-state index in [1.54, 1.807) is 5.51 Å². The molecule has 3 fully saturated rings. The zero-order valence-electron chi connectivity index (χ0n) is 13.8. The van der Waals surface area contributed by atoms with Crippen molar-refractivity contribution in [1.29, 1.82) is 0 Å². The zero-order chi connectivity index (χ0) is 17.4. The second kappa shape index (κ2) is 7.85. The first kappa shape index (κ1) is 19.0. The topological polar surface area (TPSA) is 54.5 Å². The smallest absolute Gasteiger partial charge is 0.413 e. The van der Waals surface area contributed by atoms with Crippen LogP contribution in [0.1, 0.15) is 12.8 Å². The van der Waals surface area contributed by atoms with Gasteiger partial charge in [0.2, 0.25) is 0 Å². The molecule has 0 saturated carbocycles. The van der Waals surface area contributed by atoms with Crippen LogP contribution < -0.4 is 5.32 Å². The summed E-state index contributed by atoms with van der Waals surface area (Å²) in [6.07, 6.45) is 1.44. The van der Waals surface area contributed by atoms with Crippen LogP contribution in [0.2, 0.25) is 0 Å². The molecule has 0 radical (unpaired) electrons. The van der Waals surface area contributed by atoms with Crippen molar-refractivity contribution in [2.75, 3.05) is 25.0 Å². The predicted octanol–water partition coefficient (Wildman–Crippen LogP) is 4.15. The number of aromatic nitrogens is 1. The van der Waals surface area contributed by atoms with E-state index in [2.05, 4.69) is 15.2 Å². The highest BCUT2D eigenvalue weighted by molar-refractivity contribution is 7.13. The first-order valence-electron chi connectivity index (χ1n) is 8.19.